The van der Waals surface area contributed by atoms with Crippen LogP contribution in [0.5, 0.6) is 0 Å². The predicted octanol–water partition coefficient (Wildman–Crippen LogP) is 17.9. The van der Waals surface area contributed by atoms with E-state index in [0.717, 1.165) is 28.3 Å². The van der Waals surface area contributed by atoms with Crippen LogP contribution in [0.25, 0.3) is 93.5 Å². The van der Waals surface area contributed by atoms with Gasteiger partial charge in [0.25, 0.3) is 0 Å². The Morgan fingerprint density at radius 2 is 0.955 bits per heavy atom. The molecule has 0 bridgehead atoms. The zero-order valence-corrected chi connectivity index (χ0v) is 37.5. The summed E-state index contributed by atoms with van der Waals surface area (Å²) in [5.74, 6) is 0. The van der Waals surface area contributed by atoms with Crippen LogP contribution in [0.3, 0.4) is 0 Å². The second-order valence-corrected chi connectivity index (χ2v) is 18.5. The topological polar surface area (TPSA) is 8.17 Å². The monoisotopic (exact) mass is 854 g/mol. The SMILES string of the molecule is CC1(C)c2ccccc2-c2cccc(-c3ccccc3N(c3ccc(-c4cccc5c4ccc4ccccc45)cc3)c3cccc(-c4ccc5c(c4)c4ccccc4n5-c4ccccc4)c3)c21. The molecule has 0 N–H and O–H groups in total. The number of anilines is 3. The Balaban J connectivity index is 0.984. The van der Waals surface area contributed by atoms with Gasteiger partial charge in [-0.1, -0.05) is 196 Å². The minimum atomic E-state index is -0.173. The average molecular weight is 855 g/mol. The number of hydrogen-bond donors (Lipinski definition) is 0. The first-order valence-electron chi connectivity index (χ1n) is 23.3. The highest BCUT2D eigenvalue weighted by molar-refractivity contribution is 6.13. The third kappa shape index (κ3) is 6.18. The van der Waals surface area contributed by atoms with Crippen molar-refractivity contribution in [3.63, 3.8) is 0 Å². The van der Waals surface area contributed by atoms with Crippen LogP contribution >= 0.6 is 0 Å². The zero-order valence-electron chi connectivity index (χ0n) is 37.5. The molecular weight excluding hydrogens is 809 g/mol. The van der Waals surface area contributed by atoms with Gasteiger partial charge in [0.2, 0.25) is 0 Å². The van der Waals surface area contributed by atoms with Gasteiger partial charge in [0, 0.05) is 38.8 Å². The molecule has 0 aliphatic heterocycles. The van der Waals surface area contributed by atoms with Gasteiger partial charge >= 0.3 is 0 Å². The largest absolute Gasteiger partial charge is 0.310 e. The molecule has 1 aromatic heterocycles. The lowest BCUT2D eigenvalue weighted by molar-refractivity contribution is 0.662. The Morgan fingerprint density at radius 1 is 0.343 bits per heavy atom. The molecule has 1 heterocycles. The molecule has 1 aliphatic carbocycles. The third-order valence-electron chi connectivity index (χ3n) is 14.4. The molecular formula is C65H46N2. The maximum absolute atomic E-state index is 2.47. The molecule has 0 fully saturated rings. The molecule has 67 heavy (non-hydrogen) atoms. The lowest BCUT2D eigenvalue weighted by Gasteiger charge is -2.30. The van der Waals surface area contributed by atoms with Gasteiger partial charge in [-0.3, -0.25) is 0 Å². The van der Waals surface area contributed by atoms with Gasteiger partial charge < -0.3 is 9.47 Å². The molecule has 0 radical (unpaired) electrons. The van der Waals surface area contributed by atoms with Crippen LogP contribution in [0, 0.1) is 0 Å². The molecule has 13 rings (SSSR count). The third-order valence-corrected chi connectivity index (χ3v) is 14.4. The zero-order chi connectivity index (χ0) is 44.6. The van der Waals surface area contributed by atoms with Gasteiger partial charge in [-0.05, 0) is 132 Å². The molecule has 1 aliphatic rings. The van der Waals surface area contributed by atoms with Gasteiger partial charge in [-0.2, -0.15) is 0 Å². The molecule has 12 aromatic rings. The van der Waals surface area contributed by atoms with E-state index in [-0.39, 0.29) is 5.41 Å². The number of hydrogen-bond acceptors (Lipinski definition) is 1. The summed E-state index contributed by atoms with van der Waals surface area (Å²) in [5, 5.41) is 7.55. The molecule has 0 unspecified atom stereocenters. The van der Waals surface area contributed by atoms with Crippen LogP contribution in [0.4, 0.5) is 17.1 Å². The first kappa shape index (κ1) is 39.0. The summed E-state index contributed by atoms with van der Waals surface area (Å²) < 4.78 is 2.38. The predicted molar refractivity (Wildman–Crippen MR) is 284 cm³/mol. The Bertz CT molecular complexity index is 3890. The van der Waals surface area contributed by atoms with Gasteiger partial charge in [0.05, 0.1) is 16.7 Å². The maximum Gasteiger partial charge on any atom is 0.0541 e. The van der Waals surface area contributed by atoms with Crippen molar-refractivity contribution >= 4 is 60.4 Å². The second-order valence-electron chi connectivity index (χ2n) is 18.5. The van der Waals surface area contributed by atoms with E-state index >= 15 is 0 Å². The minimum absolute atomic E-state index is 0.173. The van der Waals surface area contributed by atoms with Crippen LogP contribution in [0.2, 0.25) is 0 Å². The van der Waals surface area contributed by atoms with Crippen molar-refractivity contribution < 1.29 is 0 Å². The number of rotatable bonds is 7. The Hall–Kier alpha value is -8.46. The summed E-state index contributed by atoms with van der Waals surface area (Å²) in [4.78, 5) is 2.47. The van der Waals surface area contributed by atoms with Crippen molar-refractivity contribution in [2.45, 2.75) is 19.3 Å². The number of benzene rings is 11. The van der Waals surface area contributed by atoms with Crippen molar-refractivity contribution in [3.05, 3.63) is 254 Å². The lowest BCUT2D eigenvalue weighted by atomic mass is 9.78. The quantitative estimate of drug-likeness (QED) is 0.145. The van der Waals surface area contributed by atoms with Crippen molar-refractivity contribution in [2.24, 2.45) is 0 Å². The highest BCUT2D eigenvalue weighted by Gasteiger charge is 2.38. The van der Waals surface area contributed by atoms with Crippen LogP contribution in [-0.2, 0) is 5.41 Å². The van der Waals surface area contributed by atoms with Crippen molar-refractivity contribution in [2.75, 3.05) is 4.90 Å². The first-order valence-corrected chi connectivity index (χ1v) is 23.3. The van der Waals surface area contributed by atoms with Crippen LogP contribution < -0.4 is 4.90 Å². The summed E-state index contributed by atoms with van der Waals surface area (Å²) in [5.41, 5.74) is 19.3. The smallest absolute Gasteiger partial charge is 0.0541 e. The van der Waals surface area contributed by atoms with Gasteiger partial charge in [-0.25, -0.2) is 0 Å². The molecule has 2 heteroatoms. The minimum Gasteiger partial charge on any atom is -0.310 e. The molecule has 316 valence electrons. The number of fused-ring (bicyclic) bond motifs is 9. The molecule has 2 nitrogen and oxygen atoms in total. The van der Waals surface area contributed by atoms with Gasteiger partial charge in [-0.15, -0.1) is 0 Å². The molecule has 0 saturated carbocycles. The van der Waals surface area contributed by atoms with E-state index in [9.17, 15) is 0 Å². The van der Waals surface area contributed by atoms with Crippen LogP contribution in [0.15, 0.2) is 243 Å². The van der Waals surface area contributed by atoms with E-state index < -0.39 is 0 Å². The number of aromatic nitrogens is 1. The summed E-state index contributed by atoms with van der Waals surface area (Å²) in [6, 6.07) is 89.4. The van der Waals surface area contributed by atoms with E-state index in [4.69, 9.17) is 0 Å². The Morgan fingerprint density at radius 3 is 1.82 bits per heavy atom. The van der Waals surface area contributed by atoms with E-state index in [1.807, 2.05) is 0 Å². The van der Waals surface area contributed by atoms with Crippen LogP contribution in [0.1, 0.15) is 25.0 Å². The van der Waals surface area contributed by atoms with E-state index in [0.29, 0.717) is 0 Å². The summed E-state index contributed by atoms with van der Waals surface area (Å²) in [7, 11) is 0. The average Bonchev–Trinajstić information content (AvgIpc) is 3.85. The molecule has 0 atom stereocenters. The number of para-hydroxylation sites is 3. The Labute approximate surface area is 391 Å². The van der Waals surface area contributed by atoms with E-state index in [1.165, 1.54) is 93.4 Å². The summed E-state index contributed by atoms with van der Waals surface area (Å²) in [6.45, 7) is 4.77. The van der Waals surface area contributed by atoms with Crippen LogP contribution in [-0.4, -0.2) is 4.57 Å². The normalized spacial score (nSPS) is 12.7. The highest BCUT2D eigenvalue weighted by Crippen LogP contribution is 2.54. The van der Waals surface area contributed by atoms with Gasteiger partial charge in [0.15, 0.2) is 0 Å². The van der Waals surface area contributed by atoms with Gasteiger partial charge in [0.1, 0.15) is 0 Å². The summed E-state index contributed by atoms with van der Waals surface area (Å²) >= 11 is 0. The standard InChI is InChI=1S/C65H46N2/c1-65(2)60-30-11-8-23-54(60)57-28-16-29-58(64(57)65)55-24-9-12-31-61(55)66(48-37-33-44(34-38-48)51-26-15-27-52-50-22-7-6-17-43(50)35-39-53(51)52)49-21-14-18-45(41-49)46-36-40-63-59(42-46)56-25-10-13-32-62(56)67(63)47-19-4-3-5-20-47/h3-42H,1-2H3. The van der Waals surface area contributed by atoms with Crippen molar-refractivity contribution in [3.8, 4) is 50.2 Å². The van der Waals surface area contributed by atoms with E-state index in [2.05, 4.69) is 266 Å². The molecule has 0 spiro atoms. The number of nitrogens with zero attached hydrogens (tertiary/aromatic N) is 2. The van der Waals surface area contributed by atoms with Crippen molar-refractivity contribution in [1.29, 1.82) is 0 Å². The lowest BCUT2D eigenvalue weighted by Crippen LogP contribution is -2.17. The maximum atomic E-state index is 2.47. The molecule has 0 amide bonds. The molecule has 0 saturated heterocycles. The van der Waals surface area contributed by atoms with Crippen molar-refractivity contribution in [1.82, 2.24) is 4.57 Å². The second kappa shape index (κ2) is 15.3. The Kier molecular flexibility index (Phi) is 8.91. The first-order chi connectivity index (χ1) is 33.0. The fourth-order valence-corrected chi connectivity index (χ4v) is 11.3. The fraction of sp³-hybridized carbons (Fsp3) is 0.0462. The van der Waals surface area contributed by atoms with E-state index in [1.54, 1.807) is 0 Å². The highest BCUT2D eigenvalue weighted by atomic mass is 15.1. The summed E-state index contributed by atoms with van der Waals surface area (Å²) in [6.07, 6.45) is 0. The fourth-order valence-electron chi connectivity index (χ4n) is 11.3. The molecule has 11 aromatic carbocycles.